The van der Waals surface area contributed by atoms with Crippen LogP contribution in [-0.2, 0) is 4.57 Å². The molecule has 1 heterocycles. The molecule has 1 unspecified atom stereocenters. The number of hydrogen-bond acceptors (Lipinski definition) is 2. The van der Waals surface area contributed by atoms with Gasteiger partial charge in [-0.25, -0.2) is 4.57 Å². The second-order valence-electron chi connectivity index (χ2n) is 3.63. The van der Waals surface area contributed by atoms with Gasteiger partial charge in [-0.3, -0.25) is 0 Å². The molecule has 0 saturated carbocycles. The third-order valence-electron chi connectivity index (χ3n) is 2.61. The molecule has 82 valence electrons. The Kier molecular flexibility index (Phi) is 3.21. The summed E-state index contributed by atoms with van der Waals surface area (Å²) >= 11 is 0. The Labute approximate surface area is 113 Å². The SMILES string of the molecule is O=P1(O)Oc2ccccc2-c2ccccc21.[H-].[Li+]. The Morgan fingerprint density at radius 1 is 1.00 bits per heavy atom. The zero-order chi connectivity index (χ0) is 11.2. The molecule has 3 rings (SSSR count). The van der Waals surface area contributed by atoms with Crippen molar-refractivity contribution in [3.63, 3.8) is 0 Å². The summed E-state index contributed by atoms with van der Waals surface area (Å²) in [6.07, 6.45) is 0. The molecule has 0 bridgehead atoms. The summed E-state index contributed by atoms with van der Waals surface area (Å²) in [5.41, 5.74) is 1.63. The van der Waals surface area contributed by atoms with E-state index in [0.29, 0.717) is 11.1 Å². The van der Waals surface area contributed by atoms with Gasteiger partial charge in [0.05, 0.1) is 5.30 Å². The molecule has 0 amide bonds. The zero-order valence-corrected chi connectivity index (χ0v) is 10.2. The molecule has 5 heteroatoms. The normalized spacial score (nSPS) is 20.5. The average Bonchev–Trinajstić information content (AvgIpc) is 2.29. The summed E-state index contributed by atoms with van der Waals surface area (Å²) in [7, 11) is -3.71. The summed E-state index contributed by atoms with van der Waals surface area (Å²) in [5.74, 6) is 0.465. The predicted molar refractivity (Wildman–Crippen MR) is 63.1 cm³/mol. The summed E-state index contributed by atoms with van der Waals surface area (Å²) in [6.45, 7) is 0. The first kappa shape index (κ1) is 12.5. The molecule has 3 nitrogen and oxygen atoms in total. The van der Waals surface area contributed by atoms with E-state index < -0.39 is 7.60 Å². The van der Waals surface area contributed by atoms with Crippen LogP contribution in [0, 0.1) is 0 Å². The van der Waals surface area contributed by atoms with Gasteiger partial charge >= 0.3 is 26.5 Å². The Hall–Kier alpha value is -0.973. The van der Waals surface area contributed by atoms with E-state index in [-0.39, 0.29) is 20.3 Å². The molecule has 0 spiro atoms. The third-order valence-corrected chi connectivity index (χ3v) is 4.05. The van der Waals surface area contributed by atoms with Gasteiger partial charge in [-0.1, -0.05) is 36.4 Å². The summed E-state index contributed by atoms with van der Waals surface area (Å²) in [4.78, 5) is 9.81. The summed E-state index contributed by atoms with van der Waals surface area (Å²) < 4.78 is 17.1. The quantitative estimate of drug-likeness (QED) is 0.507. The fraction of sp³-hybridized carbons (Fsp3) is 0. The van der Waals surface area contributed by atoms with Gasteiger partial charge in [0.2, 0.25) is 0 Å². The number of benzene rings is 2. The first-order valence-corrected chi connectivity index (χ1v) is 6.48. The third kappa shape index (κ3) is 1.96. The Morgan fingerprint density at radius 3 is 2.35 bits per heavy atom. The van der Waals surface area contributed by atoms with Crippen molar-refractivity contribution in [2.24, 2.45) is 0 Å². The molecule has 0 saturated heterocycles. The summed E-state index contributed by atoms with van der Waals surface area (Å²) in [5, 5.41) is 0.369. The van der Waals surface area contributed by atoms with E-state index in [1.54, 1.807) is 24.3 Å². The van der Waals surface area contributed by atoms with Crippen molar-refractivity contribution >= 4 is 12.9 Å². The smallest absolute Gasteiger partial charge is 1.00 e. The molecule has 2 aromatic carbocycles. The molecule has 17 heavy (non-hydrogen) atoms. The fourth-order valence-electron chi connectivity index (χ4n) is 1.90. The maximum absolute atomic E-state index is 12.0. The van der Waals surface area contributed by atoms with Crippen LogP contribution in [-0.4, -0.2) is 4.89 Å². The van der Waals surface area contributed by atoms with E-state index in [1.165, 1.54) is 0 Å². The van der Waals surface area contributed by atoms with Crippen molar-refractivity contribution in [2.45, 2.75) is 0 Å². The van der Waals surface area contributed by atoms with Crippen LogP contribution in [0.15, 0.2) is 48.5 Å². The van der Waals surface area contributed by atoms with Crippen LogP contribution in [0.3, 0.4) is 0 Å². The first-order valence-electron chi connectivity index (χ1n) is 4.90. The van der Waals surface area contributed by atoms with Gasteiger partial charge in [0, 0.05) is 11.1 Å². The van der Waals surface area contributed by atoms with E-state index >= 15 is 0 Å². The predicted octanol–water partition coefficient (Wildman–Crippen LogP) is -0.327. The maximum Gasteiger partial charge on any atom is 1.00 e. The van der Waals surface area contributed by atoms with Crippen LogP contribution in [0.5, 0.6) is 5.75 Å². The fourth-order valence-corrected chi connectivity index (χ4v) is 3.20. The largest absolute Gasteiger partial charge is 1.00 e. The van der Waals surface area contributed by atoms with Crippen LogP contribution < -0.4 is 28.7 Å². The van der Waals surface area contributed by atoms with Crippen LogP contribution in [0.25, 0.3) is 11.1 Å². The first-order chi connectivity index (χ1) is 7.68. The van der Waals surface area contributed by atoms with E-state index in [0.717, 1.165) is 11.1 Å². The molecule has 1 N–H and O–H groups in total. The van der Waals surface area contributed by atoms with Gasteiger partial charge in [-0.2, -0.15) is 0 Å². The van der Waals surface area contributed by atoms with E-state index in [9.17, 15) is 9.46 Å². The van der Waals surface area contributed by atoms with Gasteiger partial charge in [0.25, 0.3) is 0 Å². The van der Waals surface area contributed by atoms with Crippen LogP contribution >= 0.6 is 7.60 Å². The van der Waals surface area contributed by atoms with Crippen LogP contribution in [0.1, 0.15) is 1.43 Å². The number of fused-ring (bicyclic) bond motifs is 3. The molecular formula is C12H10LiO3P. The van der Waals surface area contributed by atoms with Crippen molar-refractivity contribution < 1.29 is 34.3 Å². The van der Waals surface area contributed by atoms with Crippen molar-refractivity contribution in [1.82, 2.24) is 0 Å². The second kappa shape index (κ2) is 4.36. The minimum Gasteiger partial charge on any atom is -1.00 e. The average molecular weight is 240 g/mol. The molecule has 1 aliphatic rings. The summed E-state index contributed by atoms with van der Waals surface area (Å²) in [6, 6.07) is 14.3. The molecule has 2 aromatic rings. The molecule has 1 atom stereocenters. The standard InChI is InChI=1S/C12H9O3P.Li.H/c13-16(14)12-8-4-2-6-10(12)9-5-1-3-7-11(9)15-16;;/h1-8H,(H,13,14);;/q;+1;-1. The van der Waals surface area contributed by atoms with E-state index in [2.05, 4.69) is 0 Å². The molecule has 0 aromatic heterocycles. The van der Waals surface area contributed by atoms with Crippen LogP contribution in [0.4, 0.5) is 0 Å². The Morgan fingerprint density at radius 2 is 1.59 bits per heavy atom. The number of hydrogen-bond donors (Lipinski definition) is 1. The molecule has 0 radical (unpaired) electrons. The topological polar surface area (TPSA) is 46.5 Å². The van der Waals surface area contributed by atoms with Crippen molar-refractivity contribution in [3.05, 3.63) is 48.5 Å². The van der Waals surface area contributed by atoms with Gasteiger partial charge in [-0.15, -0.1) is 0 Å². The van der Waals surface area contributed by atoms with Crippen molar-refractivity contribution in [3.8, 4) is 16.9 Å². The van der Waals surface area contributed by atoms with Crippen molar-refractivity contribution in [2.75, 3.05) is 0 Å². The van der Waals surface area contributed by atoms with Gasteiger partial charge in [0.1, 0.15) is 5.75 Å². The van der Waals surface area contributed by atoms with Gasteiger partial charge in [0.15, 0.2) is 0 Å². The Balaban J connectivity index is 0.000000810. The monoisotopic (exact) mass is 240 g/mol. The second-order valence-corrected chi connectivity index (χ2v) is 5.33. The van der Waals surface area contributed by atoms with Gasteiger partial charge < -0.3 is 10.8 Å². The van der Waals surface area contributed by atoms with Crippen molar-refractivity contribution in [1.29, 1.82) is 0 Å². The minimum atomic E-state index is -3.71. The van der Waals surface area contributed by atoms with Gasteiger partial charge in [-0.05, 0) is 12.1 Å². The maximum atomic E-state index is 12.0. The molecule has 0 aliphatic carbocycles. The number of para-hydroxylation sites is 1. The van der Waals surface area contributed by atoms with E-state index in [1.807, 2.05) is 24.3 Å². The molecule has 0 fully saturated rings. The molecule has 1 aliphatic heterocycles. The Bertz CT molecular complexity index is 618. The number of rotatable bonds is 0. The zero-order valence-electron chi connectivity index (χ0n) is 10.3. The molecular weight excluding hydrogens is 230 g/mol. The van der Waals surface area contributed by atoms with E-state index in [4.69, 9.17) is 4.52 Å². The minimum absolute atomic E-state index is 0. The van der Waals surface area contributed by atoms with Crippen LogP contribution in [0.2, 0.25) is 0 Å².